The van der Waals surface area contributed by atoms with Crippen molar-refractivity contribution in [2.75, 3.05) is 18.7 Å². The van der Waals surface area contributed by atoms with Crippen molar-refractivity contribution in [2.24, 2.45) is 0 Å². The molecule has 2 aromatic heterocycles. The van der Waals surface area contributed by atoms with Gasteiger partial charge in [-0.3, -0.25) is 14.3 Å². The van der Waals surface area contributed by atoms with Crippen LogP contribution < -0.4 is 11.3 Å². The third kappa shape index (κ3) is 4.98. The second-order valence-corrected chi connectivity index (χ2v) is 7.43. The normalized spacial score (nSPS) is 13.7. The van der Waals surface area contributed by atoms with Gasteiger partial charge in [-0.2, -0.15) is 4.98 Å². The van der Waals surface area contributed by atoms with Gasteiger partial charge in [0.1, 0.15) is 12.2 Å². The summed E-state index contributed by atoms with van der Waals surface area (Å²) in [4.78, 5) is 31.7. The zero-order valence-corrected chi connectivity index (χ0v) is 14.9. The summed E-state index contributed by atoms with van der Waals surface area (Å²) in [5.41, 5.74) is 5.91. The highest BCUT2D eigenvalue weighted by Crippen LogP contribution is 2.42. The molecule has 2 heterocycles. The van der Waals surface area contributed by atoms with Crippen LogP contribution in [0.3, 0.4) is 0 Å². The number of rotatable bonds is 8. The van der Waals surface area contributed by atoms with E-state index in [2.05, 4.69) is 15.0 Å². The molecule has 144 valence electrons. The van der Waals surface area contributed by atoms with Gasteiger partial charge in [-0.1, -0.05) is 12.1 Å². The first-order chi connectivity index (χ1) is 12.8. The molecule has 0 aliphatic rings. The molecule has 10 nitrogen and oxygen atoms in total. The molecule has 1 aromatic carbocycles. The van der Waals surface area contributed by atoms with Crippen LogP contribution in [0, 0.1) is 5.82 Å². The summed E-state index contributed by atoms with van der Waals surface area (Å²) in [5, 5.41) is 0. The average Bonchev–Trinajstić information content (AvgIpc) is 3.00. The van der Waals surface area contributed by atoms with Crippen LogP contribution in [0.2, 0.25) is 0 Å². The Bertz CT molecular complexity index is 1050. The summed E-state index contributed by atoms with van der Waals surface area (Å²) in [7, 11) is -4.00. The molecule has 0 fully saturated rings. The molecule has 0 spiro atoms. The number of halogens is 1. The standard InChI is InChI=1S/C15H17FN5O5P/c16-11-3-1-2-10(6-11)7-26-27(23,24)9-25-5-4-21-8-18-12-13(21)19-15(17)20-14(12)22/h1-3,6,8H,4-5,7,9H2,(H,23,24)(H3,17,19,20,22). The zero-order valence-electron chi connectivity index (χ0n) is 14.0. The van der Waals surface area contributed by atoms with E-state index in [0.29, 0.717) is 5.56 Å². The van der Waals surface area contributed by atoms with Crippen LogP contribution in [0.25, 0.3) is 11.2 Å². The van der Waals surface area contributed by atoms with Crippen LogP contribution in [0.4, 0.5) is 10.3 Å². The number of nitrogens with one attached hydrogen (secondary N) is 1. The topological polar surface area (TPSA) is 145 Å². The summed E-state index contributed by atoms with van der Waals surface area (Å²) in [5.74, 6) is -0.499. The maximum atomic E-state index is 13.1. The molecular formula is C15H17FN5O5P. The van der Waals surface area contributed by atoms with Gasteiger partial charge in [-0.05, 0) is 17.7 Å². The van der Waals surface area contributed by atoms with Crippen LogP contribution in [0.5, 0.6) is 0 Å². The second-order valence-electron chi connectivity index (χ2n) is 5.64. The van der Waals surface area contributed by atoms with E-state index >= 15 is 0 Å². The number of aromatic nitrogens is 4. The maximum absolute atomic E-state index is 13.1. The first kappa shape index (κ1) is 19.2. The van der Waals surface area contributed by atoms with E-state index in [1.54, 1.807) is 6.07 Å². The number of aromatic amines is 1. The van der Waals surface area contributed by atoms with Crippen molar-refractivity contribution in [2.45, 2.75) is 13.2 Å². The van der Waals surface area contributed by atoms with Crippen LogP contribution in [0.15, 0.2) is 35.4 Å². The van der Waals surface area contributed by atoms with E-state index in [9.17, 15) is 18.6 Å². The highest BCUT2D eigenvalue weighted by molar-refractivity contribution is 7.52. The van der Waals surface area contributed by atoms with E-state index in [0.717, 1.165) is 0 Å². The molecule has 3 aromatic rings. The predicted octanol–water partition coefficient (Wildman–Crippen LogP) is 1.22. The maximum Gasteiger partial charge on any atom is 0.353 e. The van der Waals surface area contributed by atoms with E-state index in [4.69, 9.17) is 15.0 Å². The summed E-state index contributed by atoms with van der Waals surface area (Å²) in [6.45, 7) is 0.0665. The van der Waals surface area contributed by atoms with Crippen molar-refractivity contribution in [1.82, 2.24) is 19.5 Å². The number of nitrogens with zero attached hydrogens (tertiary/aromatic N) is 3. The van der Waals surface area contributed by atoms with Crippen molar-refractivity contribution in [3.63, 3.8) is 0 Å². The predicted molar refractivity (Wildman–Crippen MR) is 94.4 cm³/mol. The lowest BCUT2D eigenvalue weighted by Crippen LogP contribution is -2.13. The Morgan fingerprint density at radius 2 is 2.22 bits per heavy atom. The lowest BCUT2D eigenvalue weighted by molar-refractivity contribution is 0.136. The lowest BCUT2D eigenvalue weighted by atomic mass is 10.2. The molecule has 27 heavy (non-hydrogen) atoms. The molecule has 0 aliphatic carbocycles. The number of anilines is 1. The minimum absolute atomic E-state index is 0.0409. The van der Waals surface area contributed by atoms with Gasteiger partial charge < -0.3 is 24.5 Å². The van der Waals surface area contributed by atoms with Gasteiger partial charge in [0.25, 0.3) is 5.56 Å². The monoisotopic (exact) mass is 397 g/mol. The molecule has 0 aliphatic heterocycles. The molecule has 0 bridgehead atoms. The van der Waals surface area contributed by atoms with Crippen LogP contribution in [-0.4, -0.2) is 37.4 Å². The first-order valence-electron chi connectivity index (χ1n) is 7.83. The molecule has 4 N–H and O–H groups in total. The number of nitrogen functional groups attached to an aromatic ring is 1. The minimum atomic E-state index is -4.00. The fourth-order valence-electron chi connectivity index (χ4n) is 2.32. The molecule has 0 radical (unpaired) electrons. The summed E-state index contributed by atoms with van der Waals surface area (Å²) in [6.07, 6.45) is 0.861. The minimum Gasteiger partial charge on any atom is -0.369 e. The lowest BCUT2D eigenvalue weighted by Gasteiger charge is -2.13. The highest BCUT2D eigenvalue weighted by Gasteiger charge is 2.20. The molecule has 1 atom stereocenters. The van der Waals surface area contributed by atoms with Crippen LogP contribution >= 0.6 is 7.60 Å². The summed E-state index contributed by atoms with van der Waals surface area (Å²) >= 11 is 0. The largest absolute Gasteiger partial charge is 0.369 e. The molecule has 12 heteroatoms. The van der Waals surface area contributed by atoms with Crippen molar-refractivity contribution >= 4 is 24.7 Å². The van der Waals surface area contributed by atoms with E-state index in [-0.39, 0.29) is 36.9 Å². The number of benzene rings is 1. The Kier molecular flexibility index (Phi) is 5.66. The van der Waals surface area contributed by atoms with E-state index in [1.807, 2.05) is 0 Å². The van der Waals surface area contributed by atoms with Crippen molar-refractivity contribution in [3.8, 4) is 0 Å². The van der Waals surface area contributed by atoms with Gasteiger partial charge in [-0.25, -0.2) is 9.37 Å². The van der Waals surface area contributed by atoms with Crippen molar-refractivity contribution in [3.05, 3.63) is 52.3 Å². The number of hydrogen-bond acceptors (Lipinski definition) is 7. The molecule has 0 saturated heterocycles. The number of ether oxygens (including phenoxy) is 1. The van der Waals surface area contributed by atoms with Crippen LogP contribution in [0.1, 0.15) is 5.56 Å². The molecule has 1 unspecified atom stereocenters. The number of imidazole rings is 1. The molecule has 0 saturated carbocycles. The first-order valence-corrected chi connectivity index (χ1v) is 9.59. The van der Waals surface area contributed by atoms with E-state index < -0.39 is 25.3 Å². The summed E-state index contributed by atoms with van der Waals surface area (Å²) in [6, 6.07) is 5.54. The Hall–Kier alpha value is -2.59. The second kappa shape index (κ2) is 7.97. The Morgan fingerprint density at radius 3 is 3.00 bits per heavy atom. The highest BCUT2D eigenvalue weighted by atomic mass is 31.2. The molecule has 3 rings (SSSR count). The quantitative estimate of drug-likeness (QED) is 0.380. The van der Waals surface area contributed by atoms with Crippen LogP contribution in [-0.2, 0) is 27.0 Å². The summed E-state index contributed by atoms with van der Waals surface area (Å²) < 4.78 is 36.7. The fourth-order valence-corrected chi connectivity index (χ4v) is 3.10. The Morgan fingerprint density at radius 1 is 1.41 bits per heavy atom. The van der Waals surface area contributed by atoms with E-state index in [1.165, 1.54) is 29.1 Å². The van der Waals surface area contributed by atoms with Gasteiger partial charge in [0, 0.05) is 6.54 Å². The fraction of sp³-hybridized carbons (Fsp3) is 0.267. The zero-order chi connectivity index (χ0) is 19.4. The number of fused-ring (bicyclic) bond motifs is 1. The number of H-pyrrole nitrogens is 1. The smallest absolute Gasteiger partial charge is 0.353 e. The number of hydrogen-bond donors (Lipinski definition) is 3. The Balaban J connectivity index is 1.51. The Labute approximate surface area is 152 Å². The van der Waals surface area contributed by atoms with Gasteiger partial charge in [0.05, 0.1) is 19.5 Å². The third-order valence-corrected chi connectivity index (χ3v) is 4.59. The molecule has 0 amide bonds. The average molecular weight is 397 g/mol. The SMILES string of the molecule is Nc1nc2c(ncn2CCOCP(=O)(O)OCc2cccc(F)c2)c(=O)[nH]1. The van der Waals surface area contributed by atoms with Crippen molar-refractivity contribution in [1.29, 1.82) is 0 Å². The van der Waals surface area contributed by atoms with Gasteiger partial charge in [0.15, 0.2) is 11.2 Å². The van der Waals surface area contributed by atoms with Gasteiger partial charge >= 0.3 is 7.60 Å². The van der Waals surface area contributed by atoms with Gasteiger partial charge in [0.2, 0.25) is 5.95 Å². The third-order valence-electron chi connectivity index (χ3n) is 3.55. The molecular weight excluding hydrogens is 380 g/mol. The van der Waals surface area contributed by atoms with Crippen molar-refractivity contribution < 1.29 is 23.1 Å². The number of nitrogens with two attached hydrogens (primary N) is 1. The van der Waals surface area contributed by atoms with Gasteiger partial charge in [-0.15, -0.1) is 0 Å².